The molecule has 3 rings (SSSR count). The van der Waals surface area contributed by atoms with Crippen molar-refractivity contribution in [3.8, 4) is 0 Å². The van der Waals surface area contributed by atoms with Gasteiger partial charge >= 0.3 is 0 Å². The average molecular weight is 290 g/mol. The van der Waals surface area contributed by atoms with Crippen LogP contribution in [0.2, 0.25) is 0 Å². The van der Waals surface area contributed by atoms with Crippen molar-refractivity contribution in [2.45, 2.75) is 40.0 Å². The number of benzene rings is 2. The third-order valence-electron chi connectivity index (χ3n) is 4.81. The van der Waals surface area contributed by atoms with Crippen LogP contribution in [0.5, 0.6) is 0 Å². The van der Waals surface area contributed by atoms with Crippen molar-refractivity contribution in [2.75, 3.05) is 0 Å². The van der Waals surface area contributed by atoms with Crippen molar-refractivity contribution in [3.05, 3.63) is 71.8 Å². The molecular weight excluding hydrogens is 264 g/mol. The maximum atomic E-state index is 2.47. The summed E-state index contributed by atoms with van der Waals surface area (Å²) in [5.41, 5.74) is 3.30. The Hall–Kier alpha value is -1.82. The highest BCUT2D eigenvalue weighted by atomic mass is 14.2. The van der Waals surface area contributed by atoms with E-state index in [4.69, 9.17) is 0 Å². The van der Waals surface area contributed by atoms with E-state index in [1.54, 1.807) is 0 Å². The molecule has 22 heavy (non-hydrogen) atoms. The minimum atomic E-state index is 0.317. The lowest BCUT2D eigenvalue weighted by Gasteiger charge is -2.26. The van der Waals surface area contributed by atoms with E-state index < -0.39 is 0 Å². The number of hydrogen-bond acceptors (Lipinski definition) is 0. The number of allylic oxidation sites excluding steroid dienone is 4. The molecule has 0 heterocycles. The van der Waals surface area contributed by atoms with Crippen LogP contribution in [0.15, 0.2) is 66.3 Å². The van der Waals surface area contributed by atoms with Crippen molar-refractivity contribution in [1.82, 2.24) is 0 Å². The van der Waals surface area contributed by atoms with E-state index in [-0.39, 0.29) is 0 Å². The topological polar surface area (TPSA) is 0 Å². The van der Waals surface area contributed by atoms with Gasteiger partial charge in [0.05, 0.1) is 0 Å². The van der Waals surface area contributed by atoms with Crippen LogP contribution in [0.4, 0.5) is 0 Å². The van der Waals surface area contributed by atoms with Crippen LogP contribution in [0, 0.1) is 11.3 Å². The molecule has 1 aliphatic rings. The van der Waals surface area contributed by atoms with Gasteiger partial charge in [0, 0.05) is 0 Å². The van der Waals surface area contributed by atoms with Gasteiger partial charge in [-0.1, -0.05) is 81.5 Å². The molecule has 0 saturated heterocycles. The third kappa shape index (κ3) is 3.32. The monoisotopic (exact) mass is 290 g/mol. The van der Waals surface area contributed by atoms with Crippen molar-refractivity contribution in [1.29, 1.82) is 0 Å². The van der Waals surface area contributed by atoms with Crippen molar-refractivity contribution in [2.24, 2.45) is 11.3 Å². The van der Waals surface area contributed by atoms with E-state index in [1.165, 1.54) is 28.3 Å². The van der Waals surface area contributed by atoms with E-state index in [0.717, 1.165) is 12.8 Å². The molecule has 1 aliphatic carbocycles. The van der Waals surface area contributed by atoms with Gasteiger partial charge in [-0.15, -0.1) is 0 Å². The number of fused-ring (bicyclic) bond motifs is 1. The fourth-order valence-electron chi connectivity index (χ4n) is 3.41. The van der Waals surface area contributed by atoms with E-state index in [2.05, 4.69) is 81.5 Å². The summed E-state index contributed by atoms with van der Waals surface area (Å²) < 4.78 is 0. The van der Waals surface area contributed by atoms with Gasteiger partial charge in [-0.3, -0.25) is 0 Å². The maximum absolute atomic E-state index is 2.47. The first-order valence-electron chi connectivity index (χ1n) is 8.41. The molecule has 0 heteroatoms. The second kappa shape index (κ2) is 6.12. The molecule has 114 valence electrons. The summed E-state index contributed by atoms with van der Waals surface area (Å²) in [6, 6.07) is 15.4. The quantitative estimate of drug-likeness (QED) is 0.618. The number of aryl methyl sites for hydroxylation is 1. The lowest BCUT2D eigenvalue weighted by Crippen LogP contribution is -2.13. The summed E-state index contributed by atoms with van der Waals surface area (Å²) in [7, 11) is 0. The van der Waals surface area contributed by atoms with Gasteiger partial charge in [0.15, 0.2) is 0 Å². The minimum absolute atomic E-state index is 0.317. The Morgan fingerprint density at radius 3 is 2.64 bits per heavy atom. The van der Waals surface area contributed by atoms with Gasteiger partial charge in [0.25, 0.3) is 0 Å². The van der Waals surface area contributed by atoms with Crippen molar-refractivity contribution >= 4 is 10.8 Å². The van der Waals surface area contributed by atoms with E-state index in [0.29, 0.717) is 11.3 Å². The smallest absolute Gasteiger partial charge is 0.0134 e. The van der Waals surface area contributed by atoms with Gasteiger partial charge in [0.2, 0.25) is 0 Å². The third-order valence-corrected chi connectivity index (χ3v) is 4.81. The molecule has 0 aliphatic heterocycles. The summed E-state index contributed by atoms with van der Waals surface area (Å²) >= 11 is 0. The van der Waals surface area contributed by atoms with Gasteiger partial charge in [-0.25, -0.2) is 0 Å². The summed E-state index contributed by atoms with van der Waals surface area (Å²) in [6.07, 6.45) is 10.7. The SMILES string of the molecule is CC(CCc1cccc2ccccc12)C1=CC(C)(C)CC=C1. The van der Waals surface area contributed by atoms with E-state index in [9.17, 15) is 0 Å². The highest BCUT2D eigenvalue weighted by molar-refractivity contribution is 5.85. The molecule has 0 radical (unpaired) electrons. The second-order valence-electron chi connectivity index (χ2n) is 7.32. The fourth-order valence-corrected chi connectivity index (χ4v) is 3.41. The molecule has 2 aromatic rings. The summed E-state index contributed by atoms with van der Waals surface area (Å²) in [4.78, 5) is 0. The van der Waals surface area contributed by atoms with Crippen LogP contribution in [-0.2, 0) is 6.42 Å². The first kappa shape index (κ1) is 15.1. The Morgan fingerprint density at radius 2 is 1.82 bits per heavy atom. The van der Waals surface area contributed by atoms with E-state index >= 15 is 0 Å². The summed E-state index contributed by atoms with van der Waals surface area (Å²) in [6.45, 7) is 7.02. The lowest BCUT2D eigenvalue weighted by atomic mass is 9.79. The van der Waals surface area contributed by atoms with Crippen LogP contribution < -0.4 is 0 Å². The molecule has 0 amide bonds. The molecule has 1 atom stereocenters. The Bertz CT molecular complexity index is 710. The minimum Gasteiger partial charge on any atom is -0.0834 e. The largest absolute Gasteiger partial charge is 0.0834 e. The Kier molecular flexibility index (Phi) is 4.20. The normalized spacial score (nSPS) is 18.2. The first-order chi connectivity index (χ1) is 10.6. The Balaban J connectivity index is 1.74. The highest BCUT2D eigenvalue weighted by Gasteiger charge is 2.19. The van der Waals surface area contributed by atoms with Crippen LogP contribution in [0.3, 0.4) is 0 Å². The van der Waals surface area contributed by atoms with E-state index in [1.807, 2.05) is 0 Å². The van der Waals surface area contributed by atoms with Gasteiger partial charge in [-0.05, 0) is 52.5 Å². The fraction of sp³-hybridized carbons (Fsp3) is 0.364. The molecule has 0 spiro atoms. The number of hydrogen-bond donors (Lipinski definition) is 0. The lowest BCUT2D eigenvalue weighted by molar-refractivity contribution is 0.468. The average Bonchev–Trinajstić information content (AvgIpc) is 2.51. The van der Waals surface area contributed by atoms with Crippen molar-refractivity contribution in [3.63, 3.8) is 0 Å². The van der Waals surface area contributed by atoms with Crippen LogP contribution >= 0.6 is 0 Å². The highest BCUT2D eigenvalue weighted by Crippen LogP contribution is 2.33. The molecule has 0 bridgehead atoms. The zero-order valence-corrected chi connectivity index (χ0v) is 14.0. The van der Waals surface area contributed by atoms with Crippen molar-refractivity contribution < 1.29 is 0 Å². The molecule has 2 aromatic carbocycles. The summed E-state index contributed by atoms with van der Waals surface area (Å²) in [5, 5.41) is 2.76. The molecule has 0 nitrogen and oxygen atoms in total. The van der Waals surface area contributed by atoms with Gasteiger partial charge < -0.3 is 0 Å². The number of rotatable bonds is 4. The van der Waals surface area contributed by atoms with Gasteiger partial charge in [-0.2, -0.15) is 0 Å². The molecule has 0 fully saturated rings. The molecule has 0 saturated carbocycles. The van der Waals surface area contributed by atoms with Gasteiger partial charge in [0.1, 0.15) is 0 Å². The summed E-state index contributed by atoms with van der Waals surface area (Å²) in [5.74, 6) is 0.620. The first-order valence-corrected chi connectivity index (χ1v) is 8.41. The predicted molar refractivity (Wildman–Crippen MR) is 97.1 cm³/mol. The zero-order chi connectivity index (χ0) is 15.6. The second-order valence-corrected chi connectivity index (χ2v) is 7.32. The van der Waals surface area contributed by atoms with Crippen LogP contribution in [0.1, 0.15) is 39.2 Å². The Labute approximate surface area is 134 Å². The zero-order valence-electron chi connectivity index (χ0n) is 14.0. The van der Waals surface area contributed by atoms with Crippen LogP contribution in [-0.4, -0.2) is 0 Å². The molecular formula is C22H26. The molecule has 0 aromatic heterocycles. The maximum Gasteiger partial charge on any atom is -0.0134 e. The molecule has 0 N–H and O–H groups in total. The molecule has 1 unspecified atom stereocenters. The van der Waals surface area contributed by atoms with Crippen LogP contribution in [0.25, 0.3) is 10.8 Å². The Morgan fingerprint density at radius 1 is 1.05 bits per heavy atom. The standard InChI is InChI=1S/C22H26/c1-17(20-11-7-15-22(2,3)16-20)13-14-19-10-6-9-18-8-4-5-12-21(18)19/h4-12,16-17H,13-15H2,1-3H3. The predicted octanol–water partition coefficient (Wildman–Crippen LogP) is 6.32.